The molecule has 1 aromatic rings. The van der Waals surface area contributed by atoms with E-state index in [-0.39, 0.29) is 6.04 Å². The number of carbonyl (C=O) groups excluding carboxylic acids is 1. The van der Waals surface area contributed by atoms with Gasteiger partial charge in [0.25, 0.3) is 0 Å². The molecule has 2 atom stereocenters. The summed E-state index contributed by atoms with van der Waals surface area (Å²) in [5.41, 5.74) is 0. The number of anilines is 1. The predicted molar refractivity (Wildman–Crippen MR) is 88.5 cm³/mol. The molecule has 0 unspecified atom stereocenters. The maximum atomic E-state index is 12.2. The molecule has 0 aliphatic carbocycles. The van der Waals surface area contributed by atoms with Crippen molar-refractivity contribution in [2.24, 2.45) is 5.92 Å². The van der Waals surface area contributed by atoms with E-state index in [9.17, 15) is 13.2 Å². The van der Waals surface area contributed by atoms with E-state index in [1.165, 1.54) is 6.92 Å². The van der Waals surface area contributed by atoms with Crippen molar-refractivity contribution in [3.63, 3.8) is 0 Å². The number of hydrogen-bond donors (Lipinski definition) is 1. The van der Waals surface area contributed by atoms with Gasteiger partial charge in [0.1, 0.15) is 11.1 Å². The SMILES string of the molecule is CC(C)C[C@H](C)n1nccc1NC(=O)[C@@H](C)S(=O)(=O)C(C)C. The highest BCUT2D eigenvalue weighted by Gasteiger charge is 2.31. The van der Waals surface area contributed by atoms with Gasteiger partial charge in [-0.3, -0.25) is 4.79 Å². The maximum Gasteiger partial charge on any atom is 0.243 e. The van der Waals surface area contributed by atoms with Crippen LogP contribution in [0.4, 0.5) is 5.82 Å². The summed E-state index contributed by atoms with van der Waals surface area (Å²) >= 11 is 0. The zero-order valence-corrected chi connectivity index (χ0v) is 15.0. The Morgan fingerprint density at radius 2 is 1.82 bits per heavy atom. The van der Waals surface area contributed by atoms with Crippen LogP contribution in [-0.2, 0) is 14.6 Å². The lowest BCUT2D eigenvalue weighted by Gasteiger charge is -2.19. The van der Waals surface area contributed by atoms with Crippen molar-refractivity contribution in [1.82, 2.24) is 9.78 Å². The number of rotatable bonds is 7. The van der Waals surface area contributed by atoms with Crippen LogP contribution in [0.15, 0.2) is 12.3 Å². The third-order valence-electron chi connectivity index (χ3n) is 3.67. The van der Waals surface area contributed by atoms with E-state index in [1.54, 1.807) is 30.8 Å². The number of carbonyl (C=O) groups is 1. The molecule has 1 aromatic heterocycles. The largest absolute Gasteiger partial charge is 0.310 e. The van der Waals surface area contributed by atoms with Crippen LogP contribution in [-0.4, -0.2) is 34.6 Å². The fraction of sp³-hybridized carbons (Fsp3) is 0.733. The van der Waals surface area contributed by atoms with Gasteiger partial charge in [-0.05, 0) is 40.0 Å². The minimum atomic E-state index is -3.47. The molecule has 0 bridgehead atoms. The van der Waals surface area contributed by atoms with Gasteiger partial charge >= 0.3 is 0 Å². The molecule has 6 nitrogen and oxygen atoms in total. The van der Waals surface area contributed by atoms with E-state index < -0.39 is 26.2 Å². The van der Waals surface area contributed by atoms with Crippen LogP contribution in [0.2, 0.25) is 0 Å². The van der Waals surface area contributed by atoms with E-state index in [0.717, 1.165) is 6.42 Å². The third kappa shape index (κ3) is 4.32. The predicted octanol–water partition coefficient (Wildman–Crippen LogP) is 2.64. The monoisotopic (exact) mass is 329 g/mol. The second-order valence-corrected chi connectivity index (χ2v) is 9.24. The lowest BCUT2D eigenvalue weighted by atomic mass is 10.1. The fourth-order valence-corrected chi connectivity index (χ4v) is 3.51. The van der Waals surface area contributed by atoms with Crippen LogP contribution in [0.5, 0.6) is 0 Å². The smallest absolute Gasteiger partial charge is 0.243 e. The van der Waals surface area contributed by atoms with Crippen molar-refractivity contribution in [3.8, 4) is 0 Å². The van der Waals surface area contributed by atoms with Crippen LogP contribution >= 0.6 is 0 Å². The summed E-state index contributed by atoms with van der Waals surface area (Å²) < 4.78 is 25.9. The number of aromatic nitrogens is 2. The second-order valence-electron chi connectivity index (χ2n) is 6.41. The van der Waals surface area contributed by atoms with Gasteiger partial charge in [0.2, 0.25) is 5.91 Å². The Balaban J connectivity index is 2.89. The van der Waals surface area contributed by atoms with E-state index in [2.05, 4.69) is 24.3 Å². The molecule has 1 N–H and O–H groups in total. The minimum absolute atomic E-state index is 0.127. The zero-order valence-electron chi connectivity index (χ0n) is 14.2. The maximum absolute atomic E-state index is 12.2. The zero-order chi connectivity index (χ0) is 17.1. The number of hydrogen-bond acceptors (Lipinski definition) is 4. The summed E-state index contributed by atoms with van der Waals surface area (Å²) in [6, 6.07) is 1.81. The summed E-state index contributed by atoms with van der Waals surface area (Å²) in [7, 11) is -3.47. The van der Waals surface area contributed by atoms with Crippen LogP contribution in [0.3, 0.4) is 0 Å². The summed E-state index contributed by atoms with van der Waals surface area (Å²) in [4.78, 5) is 12.2. The number of sulfone groups is 1. The molecule has 1 heterocycles. The number of amides is 1. The molecule has 0 fully saturated rings. The summed E-state index contributed by atoms with van der Waals surface area (Å²) in [5, 5.41) is 5.25. The average Bonchev–Trinajstić information content (AvgIpc) is 2.84. The first-order chi connectivity index (χ1) is 10.1. The Kier molecular flexibility index (Phi) is 6.17. The second kappa shape index (κ2) is 7.26. The molecule has 0 spiro atoms. The normalized spacial score (nSPS) is 15.1. The van der Waals surface area contributed by atoms with Crippen molar-refractivity contribution in [2.75, 3.05) is 5.32 Å². The van der Waals surface area contributed by atoms with E-state index in [0.29, 0.717) is 11.7 Å². The first-order valence-corrected chi connectivity index (χ1v) is 9.25. The molecule has 22 heavy (non-hydrogen) atoms. The van der Waals surface area contributed by atoms with Crippen LogP contribution in [0.1, 0.15) is 54.0 Å². The molecule has 0 saturated carbocycles. The molecule has 1 rings (SSSR count). The standard InChI is InChI=1S/C15H27N3O3S/c1-10(2)9-12(5)18-14(7-8-16-18)17-15(19)13(6)22(20,21)11(3)4/h7-8,10-13H,9H2,1-6H3,(H,17,19)/t12-,13+/m0/s1. The quantitative estimate of drug-likeness (QED) is 0.834. The summed E-state index contributed by atoms with van der Waals surface area (Å²) in [5.74, 6) is 0.513. The molecule has 126 valence electrons. The van der Waals surface area contributed by atoms with E-state index in [1.807, 2.05) is 6.92 Å². The van der Waals surface area contributed by atoms with Crippen molar-refractivity contribution in [3.05, 3.63) is 12.3 Å². The van der Waals surface area contributed by atoms with Crippen molar-refractivity contribution >= 4 is 21.6 Å². The lowest BCUT2D eigenvalue weighted by Crippen LogP contribution is -2.37. The highest BCUT2D eigenvalue weighted by molar-refractivity contribution is 7.93. The first kappa shape index (κ1) is 18.7. The fourth-order valence-electron chi connectivity index (χ4n) is 2.33. The summed E-state index contributed by atoms with van der Waals surface area (Å²) in [6.45, 7) is 10.8. The average molecular weight is 329 g/mol. The summed E-state index contributed by atoms with van der Waals surface area (Å²) in [6.07, 6.45) is 2.53. The molecular formula is C15H27N3O3S. The molecule has 0 radical (unpaired) electrons. The van der Waals surface area contributed by atoms with Gasteiger partial charge in [-0.1, -0.05) is 13.8 Å². The molecule has 0 aliphatic rings. The van der Waals surface area contributed by atoms with Crippen molar-refractivity contribution in [2.45, 2.75) is 64.5 Å². The highest BCUT2D eigenvalue weighted by atomic mass is 32.2. The minimum Gasteiger partial charge on any atom is -0.310 e. The molecule has 0 aliphatic heterocycles. The van der Waals surface area contributed by atoms with Crippen LogP contribution in [0, 0.1) is 5.92 Å². The van der Waals surface area contributed by atoms with Gasteiger partial charge < -0.3 is 5.32 Å². The van der Waals surface area contributed by atoms with Gasteiger partial charge in [0.05, 0.1) is 17.5 Å². The lowest BCUT2D eigenvalue weighted by molar-refractivity contribution is -0.115. The molecule has 7 heteroatoms. The highest BCUT2D eigenvalue weighted by Crippen LogP contribution is 2.21. The van der Waals surface area contributed by atoms with Gasteiger partial charge in [0.15, 0.2) is 9.84 Å². The Hall–Kier alpha value is -1.37. The van der Waals surface area contributed by atoms with Gasteiger partial charge in [0, 0.05) is 6.07 Å². The van der Waals surface area contributed by atoms with Gasteiger partial charge in [-0.2, -0.15) is 5.10 Å². The van der Waals surface area contributed by atoms with Crippen molar-refractivity contribution in [1.29, 1.82) is 0 Å². The molecule has 0 saturated heterocycles. The number of nitrogens with one attached hydrogen (secondary N) is 1. The van der Waals surface area contributed by atoms with Crippen molar-refractivity contribution < 1.29 is 13.2 Å². The first-order valence-electron chi connectivity index (χ1n) is 7.64. The number of nitrogens with zero attached hydrogens (tertiary/aromatic N) is 2. The van der Waals surface area contributed by atoms with E-state index in [4.69, 9.17) is 0 Å². The Bertz CT molecular complexity index is 605. The topological polar surface area (TPSA) is 81.1 Å². The Morgan fingerprint density at radius 1 is 1.23 bits per heavy atom. The molecular weight excluding hydrogens is 302 g/mol. The molecule has 1 amide bonds. The van der Waals surface area contributed by atoms with Gasteiger partial charge in [-0.15, -0.1) is 0 Å². The molecule has 0 aromatic carbocycles. The Morgan fingerprint density at radius 3 is 2.32 bits per heavy atom. The van der Waals surface area contributed by atoms with Crippen LogP contribution in [0.25, 0.3) is 0 Å². The van der Waals surface area contributed by atoms with E-state index >= 15 is 0 Å². The Labute approximate surface area is 133 Å². The third-order valence-corrected chi connectivity index (χ3v) is 6.18. The van der Waals surface area contributed by atoms with Gasteiger partial charge in [-0.25, -0.2) is 13.1 Å². The van der Waals surface area contributed by atoms with Crippen LogP contribution < -0.4 is 5.32 Å².